The van der Waals surface area contributed by atoms with Crippen molar-refractivity contribution in [2.24, 2.45) is 0 Å². The molecule has 0 fully saturated rings. The maximum absolute atomic E-state index is 12.1. The Morgan fingerprint density at radius 2 is 1.71 bits per heavy atom. The molecule has 1 amide bonds. The van der Waals surface area contributed by atoms with Crippen LogP contribution in [0.3, 0.4) is 0 Å². The van der Waals surface area contributed by atoms with E-state index in [0.717, 1.165) is 4.31 Å². The van der Waals surface area contributed by atoms with E-state index < -0.39 is 10.0 Å². The van der Waals surface area contributed by atoms with Gasteiger partial charge in [-0.3, -0.25) is 4.79 Å². The van der Waals surface area contributed by atoms with Gasteiger partial charge >= 0.3 is 0 Å². The number of benzene rings is 1. The van der Waals surface area contributed by atoms with Crippen LogP contribution < -0.4 is 10.6 Å². The second-order valence-electron chi connectivity index (χ2n) is 5.15. The first kappa shape index (κ1) is 17.3. The molecule has 0 spiro atoms. The topological polar surface area (TPSA) is 87.0 Å². The molecule has 0 aliphatic carbocycles. The maximum atomic E-state index is 12.1. The van der Waals surface area contributed by atoms with Gasteiger partial charge in [0, 0.05) is 35.2 Å². The van der Waals surface area contributed by atoms with Gasteiger partial charge in [-0.15, -0.1) is 0 Å². The molecule has 0 unspecified atom stereocenters. The van der Waals surface area contributed by atoms with Crippen molar-refractivity contribution in [1.29, 1.82) is 0 Å². The van der Waals surface area contributed by atoms with Gasteiger partial charge in [0.15, 0.2) is 0 Å². The number of carbonyl (C=O) groups excluding carboxylic acids is 1. The third-order valence-corrected chi connectivity index (χ3v) is 4.87. The Hall–Kier alpha value is -1.80. The standard InChI is InChI=1S/C13H22N4O3S/c1-15(2)13(18)9-17(5)12-8-10(6-7-11(12)14)21(19,20)16(3)4/h6-8H,9,14H2,1-5H3. The zero-order chi connectivity index (χ0) is 16.4. The summed E-state index contributed by atoms with van der Waals surface area (Å²) in [4.78, 5) is 15.0. The summed E-state index contributed by atoms with van der Waals surface area (Å²) in [5.74, 6) is -0.0993. The number of sulfonamides is 1. The predicted molar refractivity (Wildman–Crippen MR) is 83.7 cm³/mol. The minimum Gasteiger partial charge on any atom is -0.397 e. The van der Waals surface area contributed by atoms with Gasteiger partial charge in [-0.1, -0.05) is 0 Å². The molecule has 21 heavy (non-hydrogen) atoms. The summed E-state index contributed by atoms with van der Waals surface area (Å²) in [6.07, 6.45) is 0. The highest BCUT2D eigenvalue weighted by atomic mass is 32.2. The quantitative estimate of drug-likeness (QED) is 0.776. The molecule has 118 valence electrons. The Morgan fingerprint density at radius 3 is 2.19 bits per heavy atom. The Labute approximate surface area is 126 Å². The molecule has 0 aliphatic rings. The number of nitrogens with zero attached hydrogens (tertiary/aromatic N) is 3. The highest BCUT2D eigenvalue weighted by Crippen LogP contribution is 2.26. The fraction of sp³-hybridized carbons (Fsp3) is 0.462. The molecular weight excluding hydrogens is 292 g/mol. The summed E-state index contributed by atoms with van der Waals surface area (Å²) in [5, 5.41) is 0. The van der Waals surface area contributed by atoms with Crippen molar-refractivity contribution in [3.63, 3.8) is 0 Å². The fourth-order valence-electron chi connectivity index (χ4n) is 1.65. The largest absolute Gasteiger partial charge is 0.397 e. The van der Waals surface area contributed by atoms with Crippen LogP contribution in [0, 0.1) is 0 Å². The van der Waals surface area contributed by atoms with Crippen molar-refractivity contribution in [2.75, 3.05) is 52.4 Å². The zero-order valence-corrected chi connectivity index (χ0v) is 13.8. The minimum atomic E-state index is -3.54. The lowest BCUT2D eigenvalue weighted by Crippen LogP contribution is -2.34. The number of nitrogens with two attached hydrogens (primary N) is 1. The normalized spacial score (nSPS) is 11.5. The Bertz CT molecular complexity index is 626. The number of nitrogen functional groups attached to an aromatic ring is 1. The Balaban J connectivity index is 3.17. The summed E-state index contributed by atoms with van der Waals surface area (Å²) in [7, 11) is 4.40. The van der Waals surface area contributed by atoms with E-state index in [9.17, 15) is 13.2 Å². The first-order valence-corrected chi connectivity index (χ1v) is 7.74. The highest BCUT2D eigenvalue weighted by Gasteiger charge is 2.20. The lowest BCUT2D eigenvalue weighted by Gasteiger charge is -2.23. The van der Waals surface area contributed by atoms with Gasteiger partial charge < -0.3 is 15.5 Å². The first-order chi connectivity index (χ1) is 9.57. The predicted octanol–water partition coefficient (Wildman–Crippen LogP) is 0.0435. The average molecular weight is 314 g/mol. The number of amides is 1. The molecule has 1 rings (SSSR count). The Kier molecular flexibility index (Phi) is 5.19. The molecule has 0 aromatic heterocycles. The minimum absolute atomic E-state index is 0.0993. The van der Waals surface area contributed by atoms with Crippen LogP contribution >= 0.6 is 0 Å². The van der Waals surface area contributed by atoms with E-state index in [4.69, 9.17) is 5.73 Å². The summed E-state index contributed by atoms with van der Waals surface area (Å²) >= 11 is 0. The number of carbonyl (C=O) groups is 1. The third-order valence-electron chi connectivity index (χ3n) is 3.06. The van der Waals surface area contributed by atoms with Gasteiger partial charge in [-0.2, -0.15) is 0 Å². The molecule has 0 bridgehead atoms. The van der Waals surface area contributed by atoms with Crippen molar-refractivity contribution in [3.05, 3.63) is 18.2 Å². The lowest BCUT2D eigenvalue weighted by molar-refractivity contribution is -0.127. The van der Waals surface area contributed by atoms with Crippen LogP contribution in [-0.2, 0) is 14.8 Å². The van der Waals surface area contributed by atoms with Crippen LogP contribution in [0.15, 0.2) is 23.1 Å². The van der Waals surface area contributed by atoms with Gasteiger partial charge in [0.1, 0.15) is 0 Å². The smallest absolute Gasteiger partial charge is 0.242 e. The van der Waals surface area contributed by atoms with Gasteiger partial charge in [0.2, 0.25) is 15.9 Å². The number of hydrogen-bond acceptors (Lipinski definition) is 5. The molecular formula is C13H22N4O3S. The summed E-state index contributed by atoms with van der Waals surface area (Å²) in [6, 6.07) is 4.46. The summed E-state index contributed by atoms with van der Waals surface area (Å²) in [6.45, 7) is 0.114. The average Bonchev–Trinajstić information content (AvgIpc) is 2.38. The highest BCUT2D eigenvalue weighted by molar-refractivity contribution is 7.89. The number of rotatable bonds is 5. The van der Waals surface area contributed by atoms with Gasteiger partial charge in [0.05, 0.1) is 22.8 Å². The van der Waals surface area contributed by atoms with Crippen LogP contribution in [0.25, 0.3) is 0 Å². The maximum Gasteiger partial charge on any atom is 0.242 e. The van der Waals surface area contributed by atoms with E-state index in [1.165, 1.54) is 37.2 Å². The monoisotopic (exact) mass is 314 g/mol. The van der Waals surface area contributed by atoms with E-state index >= 15 is 0 Å². The molecule has 2 N–H and O–H groups in total. The SMILES string of the molecule is CN(C)C(=O)CN(C)c1cc(S(=O)(=O)N(C)C)ccc1N. The second kappa shape index (κ2) is 6.31. The van der Waals surface area contributed by atoms with Crippen LogP contribution in [-0.4, -0.2) is 65.3 Å². The summed E-state index contributed by atoms with van der Waals surface area (Å²) < 4.78 is 25.4. The molecule has 0 saturated carbocycles. The first-order valence-electron chi connectivity index (χ1n) is 6.30. The van der Waals surface area contributed by atoms with Crippen molar-refractivity contribution < 1.29 is 13.2 Å². The van der Waals surface area contributed by atoms with Crippen LogP contribution in [0.5, 0.6) is 0 Å². The molecule has 1 aromatic rings. The molecule has 8 heteroatoms. The number of likely N-dealkylation sites (N-methyl/N-ethyl adjacent to an activating group) is 2. The van der Waals surface area contributed by atoms with Crippen molar-refractivity contribution in [1.82, 2.24) is 9.21 Å². The van der Waals surface area contributed by atoms with Gasteiger partial charge in [-0.05, 0) is 18.2 Å². The van der Waals surface area contributed by atoms with E-state index in [2.05, 4.69) is 0 Å². The molecule has 0 aliphatic heterocycles. The van der Waals surface area contributed by atoms with E-state index in [1.54, 1.807) is 26.0 Å². The van der Waals surface area contributed by atoms with Crippen LogP contribution in [0.2, 0.25) is 0 Å². The van der Waals surface area contributed by atoms with Crippen molar-refractivity contribution in [3.8, 4) is 0 Å². The van der Waals surface area contributed by atoms with Gasteiger partial charge in [0.25, 0.3) is 0 Å². The van der Waals surface area contributed by atoms with Crippen LogP contribution in [0.4, 0.5) is 11.4 Å². The third kappa shape index (κ3) is 3.85. The molecule has 7 nitrogen and oxygen atoms in total. The molecule has 0 radical (unpaired) electrons. The zero-order valence-electron chi connectivity index (χ0n) is 13.0. The fourth-order valence-corrected chi connectivity index (χ4v) is 2.58. The summed E-state index contributed by atoms with van der Waals surface area (Å²) in [5.41, 5.74) is 6.81. The molecule has 0 saturated heterocycles. The number of anilines is 2. The van der Waals surface area contributed by atoms with Crippen LogP contribution in [0.1, 0.15) is 0 Å². The molecule has 0 heterocycles. The number of hydrogen-bond donors (Lipinski definition) is 1. The van der Waals surface area contributed by atoms with Gasteiger partial charge in [-0.25, -0.2) is 12.7 Å². The van der Waals surface area contributed by atoms with E-state index in [1.807, 2.05) is 0 Å². The van der Waals surface area contributed by atoms with Crippen molar-refractivity contribution in [2.45, 2.75) is 4.90 Å². The van der Waals surface area contributed by atoms with E-state index in [0.29, 0.717) is 11.4 Å². The molecule has 0 atom stereocenters. The second-order valence-corrected chi connectivity index (χ2v) is 7.30. The Morgan fingerprint density at radius 1 is 1.14 bits per heavy atom. The molecule has 1 aromatic carbocycles. The lowest BCUT2D eigenvalue weighted by atomic mass is 10.2. The van der Waals surface area contributed by atoms with E-state index in [-0.39, 0.29) is 17.3 Å². The van der Waals surface area contributed by atoms with Crippen molar-refractivity contribution >= 4 is 27.3 Å².